The van der Waals surface area contributed by atoms with Gasteiger partial charge in [0, 0.05) is 31.4 Å². The summed E-state index contributed by atoms with van der Waals surface area (Å²) >= 11 is 0. The summed E-state index contributed by atoms with van der Waals surface area (Å²) in [5.41, 5.74) is 8.20. The molecule has 1 saturated carbocycles. The van der Waals surface area contributed by atoms with Crippen LogP contribution in [0.3, 0.4) is 0 Å². The Bertz CT molecular complexity index is 397. The van der Waals surface area contributed by atoms with Crippen LogP contribution in [0.4, 0.5) is 5.69 Å². The highest BCUT2D eigenvalue weighted by Crippen LogP contribution is 2.30. The fraction of sp³-hybridized carbons (Fsp3) is 0.600. The number of ether oxygens (including phenoxy) is 1. The normalized spacial score (nSPS) is 23.7. The molecule has 1 aliphatic carbocycles. The molecule has 2 aliphatic rings. The molecule has 0 bridgehead atoms. The second kappa shape index (κ2) is 5.29. The first-order chi connectivity index (χ1) is 8.83. The first-order valence-corrected chi connectivity index (χ1v) is 7.02. The zero-order valence-corrected chi connectivity index (χ0v) is 10.8. The summed E-state index contributed by atoms with van der Waals surface area (Å²) in [5.74, 6) is 0. The van der Waals surface area contributed by atoms with Crippen LogP contribution >= 0.6 is 0 Å². The zero-order valence-electron chi connectivity index (χ0n) is 10.8. The quantitative estimate of drug-likeness (QED) is 0.811. The van der Waals surface area contributed by atoms with Gasteiger partial charge in [0.1, 0.15) is 0 Å². The number of nitrogens with two attached hydrogens (primary N) is 1. The van der Waals surface area contributed by atoms with Gasteiger partial charge >= 0.3 is 0 Å². The number of rotatable bonds is 5. The number of nitrogens with zero attached hydrogens (tertiary/aromatic N) is 1. The van der Waals surface area contributed by atoms with Gasteiger partial charge in [-0.05, 0) is 37.3 Å². The van der Waals surface area contributed by atoms with Crippen LogP contribution < -0.4 is 5.73 Å². The van der Waals surface area contributed by atoms with Crippen molar-refractivity contribution in [3.8, 4) is 0 Å². The second-order valence-corrected chi connectivity index (χ2v) is 5.49. The molecule has 1 saturated heterocycles. The van der Waals surface area contributed by atoms with E-state index >= 15 is 0 Å². The van der Waals surface area contributed by atoms with Crippen LogP contribution in [0.1, 0.15) is 31.2 Å². The Morgan fingerprint density at radius 3 is 2.72 bits per heavy atom. The van der Waals surface area contributed by atoms with Gasteiger partial charge in [0.2, 0.25) is 0 Å². The maximum Gasteiger partial charge on any atom is 0.0703 e. The fourth-order valence-corrected chi connectivity index (χ4v) is 2.73. The van der Waals surface area contributed by atoms with Gasteiger partial charge in [-0.2, -0.15) is 0 Å². The first-order valence-electron chi connectivity index (χ1n) is 7.02. The fourth-order valence-electron chi connectivity index (χ4n) is 2.73. The van der Waals surface area contributed by atoms with Crippen LogP contribution in [0.5, 0.6) is 0 Å². The molecular weight excluding hydrogens is 224 g/mol. The smallest absolute Gasteiger partial charge is 0.0703 e. The monoisotopic (exact) mass is 246 g/mol. The lowest BCUT2D eigenvalue weighted by atomic mass is 10.1. The number of para-hydroxylation sites is 1. The molecule has 2 N–H and O–H groups in total. The molecule has 3 heteroatoms. The highest BCUT2D eigenvalue weighted by atomic mass is 16.5. The molecule has 0 aromatic heterocycles. The highest BCUT2D eigenvalue weighted by Gasteiger charge is 2.31. The van der Waals surface area contributed by atoms with E-state index in [1.165, 1.54) is 31.2 Å². The van der Waals surface area contributed by atoms with Crippen LogP contribution in [0, 0.1) is 0 Å². The zero-order chi connectivity index (χ0) is 12.4. The van der Waals surface area contributed by atoms with Gasteiger partial charge < -0.3 is 10.5 Å². The summed E-state index contributed by atoms with van der Waals surface area (Å²) in [6.45, 7) is 2.98. The van der Waals surface area contributed by atoms with Crippen LogP contribution in [-0.4, -0.2) is 30.2 Å². The Hall–Kier alpha value is -1.06. The number of anilines is 1. The van der Waals surface area contributed by atoms with Crippen molar-refractivity contribution < 1.29 is 4.74 Å². The minimum Gasteiger partial charge on any atom is -0.398 e. The lowest BCUT2D eigenvalue weighted by molar-refractivity contribution is 0.0677. The standard InChI is InChI=1S/C15H22N2O/c16-15-6-2-1-4-12(15)10-17(13-7-8-13)11-14-5-3-9-18-14/h1-2,4,6,13-14H,3,5,7-11,16H2. The molecule has 1 aromatic carbocycles. The number of hydrogen-bond donors (Lipinski definition) is 1. The number of hydrogen-bond acceptors (Lipinski definition) is 3. The largest absolute Gasteiger partial charge is 0.398 e. The minimum atomic E-state index is 0.440. The van der Waals surface area contributed by atoms with Crippen LogP contribution in [0.2, 0.25) is 0 Å². The minimum absolute atomic E-state index is 0.440. The van der Waals surface area contributed by atoms with Crippen molar-refractivity contribution >= 4 is 5.69 Å². The summed E-state index contributed by atoms with van der Waals surface area (Å²) in [6, 6.07) is 8.96. The summed E-state index contributed by atoms with van der Waals surface area (Å²) < 4.78 is 5.76. The Labute approximate surface area is 109 Å². The van der Waals surface area contributed by atoms with E-state index in [2.05, 4.69) is 17.0 Å². The number of nitrogen functional groups attached to an aromatic ring is 1. The summed E-state index contributed by atoms with van der Waals surface area (Å²) in [5, 5.41) is 0. The predicted molar refractivity (Wildman–Crippen MR) is 73.3 cm³/mol. The molecule has 2 fully saturated rings. The molecule has 0 spiro atoms. The maximum atomic E-state index is 6.04. The van der Waals surface area contributed by atoms with Crippen molar-refractivity contribution in [2.45, 2.75) is 44.4 Å². The van der Waals surface area contributed by atoms with E-state index < -0.39 is 0 Å². The van der Waals surface area contributed by atoms with Crippen LogP contribution in [-0.2, 0) is 11.3 Å². The Kier molecular flexibility index (Phi) is 3.52. The summed E-state index contributed by atoms with van der Waals surface area (Å²) in [6.07, 6.45) is 5.54. The van der Waals surface area contributed by atoms with Crippen molar-refractivity contribution in [3.05, 3.63) is 29.8 Å². The molecule has 1 aromatic rings. The van der Waals surface area contributed by atoms with Crippen molar-refractivity contribution in [2.24, 2.45) is 0 Å². The third kappa shape index (κ3) is 2.85. The van der Waals surface area contributed by atoms with Gasteiger partial charge in [0.15, 0.2) is 0 Å². The first kappa shape index (κ1) is 12.0. The van der Waals surface area contributed by atoms with Crippen molar-refractivity contribution in [2.75, 3.05) is 18.9 Å². The van der Waals surface area contributed by atoms with Gasteiger partial charge in [-0.15, -0.1) is 0 Å². The summed E-state index contributed by atoms with van der Waals surface area (Å²) in [7, 11) is 0. The van der Waals surface area contributed by atoms with E-state index in [1.807, 2.05) is 12.1 Å². The van der Waals surface area contributed by atoms with Crippen molar-refractivity contribution in [3.63, 3.8) is 0 Å². The Morgan fingerprint density at radius 1 is 1.22 bits per heavy atom. The molecule has 18 heavy (non-hydrogen) atoms. The van der Waals surface area contributed by atoms with Crippen molar-refractivity contribution in [1.29, 1.82) is 0 Å². The Balaban J connectivity index is 1.64. The van der Waals surface area contributed by atoms with E-state index in [-0.39, 0.29) is 0 Å². The van der Waals surface area contributed by atoms with E-state index in [0.29, 0.717) is 6.10 Å². The number of benzene rings is 1. The lowest BCUT2D eigenvalue weighted by Gasteiger charge is -2.25. The highest BCUT2D eigenvalue weighted by molar-refractivity contribution is 5.46. The molecule has 3 nitrogen and oxygen atoms in total. The molecule has 1 aliphatic heterocycles. The van der Waals surface area contributed by atoms with Gasteiger partial charge in [-0.25, -0.2) is 0 Å². The average molecular weight is 246 g/mol. The molecule has 0 radical (unpaired) electrons. The Morgan fingerprint density at radius 2 is 2.06 bits per heavy atom. The van der Waals surface area contributed by atoms with E-state index in [0.717, 1.165) is 31.4 Å². The SMILES string of the molecule is Nc1ccccc1CN(CC1CCCO1)C1CC1. The molecule has 1 heterocycles. The molecular formula is C15H22N2O. The van der Waals surface area contributed by atoms with Gasteiger partial charge in [-0.3, -0.25) is 4.90 Å². The van der Waals surface area contributed by atoms with Gasteiger partial charge in [0.25, 0.3) is 0 Å². The van der Waals surface area contributed by atoms with Crippen molar-refractivity contribution in [1.82, 2.24) is 4.90 Å². The third-order valence-corrected chi connectivity index (χ3v) is 3.95. The second-order valence-electron chi connectivity index (χ2n) is 5.49. The topological polar surface area (TPSA) is 38.5 Å². The molecule has 1 atom stereocenters. The maximum absolute atomic E-state index is 6.04. The van der Waals surface area contributed by atoms with E-state index in [1.54, 1.807) is 0 Å². The predicted octanol–water partition coefficient (Wildman–Crippen LogP) is 2.41. The summed E-state index contributed by atoms with van der Waals surface area (Å²) in [4.78, 5) is 2.56. The van der Waals surface area contributed by atoms with Gasteiger partial charge in [0.05, 0.1) is 6.10 Å². The van der Waals surface area contributed by atoms with E-state index in [4.69, 9.17) is 10.5 Å². The molecule has 3 rings (SSSR count). The van der Waals surface area contributed by atoms with E-state index in [9.17, 15) is 0 Å². The third-order valence-electron chi connectivity index (χ3n) is 3.95. The van der Waals surface area contributed by atoms with Crippen LogP contribution in [0.25, 0.3) is 0 Å². The molecule has 98 valence electrons. The van der Waals surface area contributed by atoms with Crippen LogP contribution in [0.15, 0.2) is 24.3 Å². The molecule has 1 unspecified atom stereocenters. The van der Waals surface area contributed by atoms with Gasteiger partial charge in [-0.1, -0.05) is 18.2 Å². The molecule has 0 amide bonds. The lowest BCUT2D eigenvalue weighted by Crippen LogP contribution is -2.33. The average Bonchev–Trinajstić information content (AvgIpc) is 3.10.